The number of ketones is 2. The van der Waals surface area contributed by atoms with E-state index in [4.69, 9.17) is 28.9 Å². The number of ether oxygens (including phenoxy) is 3. The number of hydrogen-bond acceptors (Lipinski definition) is 11. The third-order valence-corrected chi connectivity index (χ3v) is 9.53. The Morgan fingerprint density at radius 3 is 1.75 bits per heavy atom. The number of esters is 1. The maximum atomic E-state index is 12.5. The lowest BCUT2D eigenvalue weighted by atomic mass is 9.71. The molecule has 2 atom stereocenters. The van der Waals surface area contributed by atoms with Gasteiger partial charge in [0, 0.05) is 38.7 Å². The number of hydrogen-bond donors (Lipinski definition) is 2. The van der Waals surface area contributed by atoms with Crippen LogP contribution >= 0.6 is 11.8 Å². The molecule has 53 heavy (non-hydrogen) atoms. The van der Waals surface area contributed by atoms with Crippen molar-refractivity contribution in [3.05, 3.63) is 0 Å². The Balaban J connectivity index is 0. The van der Waals surface area contributed by atoms with Gasteiger partial charge in [-0.15, -0.1) is 0 Å². The van der Waals surface area contributed by atoms with Crippen molar-refractivity contribution in [2.24, 2.45) is 17.3 Å². The summed E-state index contributed by atoms with van der Waals surface area (Å²) < 4.78 is 16.1. The quantitative estimate of drug-likeness (QED) is 0.0528. The maximum Gasteiger partial charge on any atom is 0.373 e. The van der Waals surface area contributed by atoms with Crippen LogP contribution in [0.2, 0.25) is 0 Å². The second-order valence-electron chi connectivity index (χ2n) is 15.9. The topological polar surface area (TPSA) is 179 Å². The average molecular weight is 774 g/mol. The molecule has 0 aromatic heterocycles. The van der Waals surface area contributed by atoms with E-state index in [0.717, 1.165) is 44.3 Å². The van der Waals surface area contributed by atoms with Gasteiger partial charge >= 0.3 is 18.1 Å². The molecule has 2 unspecified atom stereocenters. The number of thioether (sulfide) groups is 1. The average Bonchev–Trinajstić information content (AvgIpc) is 3.04. The number of carboxylic acids is 1. The maximum absolute atomic E-state index is 12.5. The van der Waals surface area contributed by atoms with Gasteiger partial charge in [0.15, 0.2) is 0 Å². The first-order valence-electron chi connectivity index (χ1n) is 19.3. The lowest BCUT2D eigenvalue weighted by molar-refractivity contribution is -0.191. The second-order valence-corrected chi connectivity index (χ2v) is 17.1. The van der Waals surface area contributed by atoms with E-state index in [0.29, 0.717) is 49.9 Å². The fourth-order valence-corrected chi connectivity index (χ4v) is 6.78. The van der Waals surface area contributed by atoms with Gasteiger partial charge in [-0.2, -0.15) is 21.4 Å². The Hall–Kier alpha value is -2.60. The third-order valence-electron chi connectivity index (χ3n) is 8.38. The van der Waals surface area contributed by atoms with E-state index >= 15 is 0 Å². The van der Waals surface area contributed by atoms with E-state index in [9.17, 15) is 24.0 Å². The Kier molecular flexibility index (Phi) is 31.4. The first-order valence-corrected chi connectivity index (χ1v) is 20.5. The van der Waals surface area contributed by atoms with Crippen molar-refractivity contribution < 1.29 is 52.9 Å². The minimum absolute atomic E-state index is 0.0817. The highest BCUT2D eigenvalue weighted by molar-refractivity contribution is 7.99. The predicted octanol–water partition coefficient (Wildman–Crippen LogP) is 7.39. The summed E-state index contributed by atoms with van der Waals surface area (Å²) >= 11 is 2.00. The van der Waals surface area contributed by atoms with Gasteiger partial charge in [0.05, 0.1) is 13.2 Å². The van der Waals surface area contributed by atoms with Crippen LogP contribution in [-0.2, 0) is 47.8 Å². The second kappa shape index (κ2) is 31.7. The zero-order chi connectivity index (χ0) is 40.7. The Labute approximate surface area is 323 Å². The Morgan fingerprint density at radius 2 is 1.21 bits per heavy atom. The smallest absolute Gasteiger partial charge is 0.373 e. The molecule has 13 heteroatoms. The van der Waals surface area contributed by atoms with Crippen molar-refractivity contribution in [1.29, 1.82) is 0 Å². The number of nitrogens with one attached hydrogen (secondary N) is 1. The van der Waals surface area contributed by atoms with Gasteiger partial charge in [0.1, 0.15) is 29.8 Å². The molecule has 308 valence electrons. The van der Waals surface area contributed by atoms with Gasteiger partial charge in [-0.1, -0.05) is 60.3 Å². The van der Waals surface area contributed by atoms with Crippen LogP contribution in [0, 0.1) is 17.3 Å². The fraction of sp³-hybridized carbons (Fsp3) is 0.850. The molecule has 0 heterocycles. The summed E-state index contributed by atoms with van der Waals surface area (Å²) in [5.41, 5.74) is -0.590. The summed E-state index contributed by atoms with van der Waals surface area (Å²) in [4.78, 5) is 76.3. The number of carbonyl (C=O) groups is 5. The van der Waals surface area contributed by atoms with Gasteiger partial charge < -0.3 is 24.6 Å². The van der Waals surface area contributed by atoms with Crippen molar-refractivity contribution in [1.82, 2.24) is 5.32 Å². The van der Waals surface area contributed by atoms with E-state index in [-0.39, 0.29) is 50.0 Å². The van der Waals surface area contributed by atoms with Crippen molar-refractivity contribution in [3.63, 3.8) is 0 Å². The van der Waals surface area contributed by atoms with Gasteiger partial charge in [-0.05, 0) is 88.1 Å². The van der Waals surface area contributed by atoms with Crippen LogP contribution in [0.15, 0.2) is 0 Å². The highest BCUT2D eigenvalue weighted by Gasteiger charge is 2.29. The van der Waals surface area contributed by atoms with E-state index < -0.39 is 29.5 Å². The summed E-state index contributed by atoms with van der Waals surface area (Å²) in [6, 6.07) is -1.07. The highest BCUT2D eigenvalue weighted by atomic mass is 32.2. The third kappa shape index (κ3) is 34.9. The predicted molar refractivity (Wildman–Crippen MR) is 206 cm³/mol. The van der Waals surface area contributed by atoms with Gasteiger partial charge in [0.2, 0.25) is 5.91 Å². The number of carboxylic acid groups (broad SMARTS) is 1. The molecule has 0 bridgehead atoms. The zero-order valence-electron chi connectivity index (χ0n) is 34.0. The number of aliphatic carboxylic acids is 1. The number of carbonyl (C=O) groups excluding carboxylic acids is 6. The Morgan fingerprint density at radius 1 is 0.698 bits per heavy atom. The minimum Gasteiger partial charge on any atom is -0.481 e. The van der Waals surface area contributed by atoms with Crippen molar-refractivity contribution in [2.45, 2.75) is 163 Å². The Bertz CT molecular complexity index is 1060. The first-order chi connectivity index (χ1) is 24.8. The van der Waals surface area contributed by atoms with E-state index in [1.165, 1.54) is 25.0 Å². The zero-order valence-corrected chi connectivity index (χ0v) is 34.8. The summed E-state index contributed by atoms with van der Waals surface area (Å²) in [5.74, 6) is 1.68. The summed E-state index contributed by atoms with van der Waals surface area (Å²) in [5, 5.41) is 11.4. The molecular formula is C40H71NO11S. The SMILES string of the molecule is CC(C)C(CC(=O)CCCCCCCSCCCCCC(=O)CCCOCCOCC(=O)NC(CCC(=O)O)C(=O)OC(C)(C)C)C(C)(C)C.O=C=O. The molecular weight excluding hydrogens is 703 g/mol. The van der Waals surface area contributed by atoms with Crippen LogP contribution in [0.4, 0.5) is 0 Å². The fourth-order valence-electron chi connectivity index (χ4n) is 5.76. The molecule has 0 aliphatic rings. The molecule has 0 rings (SSSR count). The molecule has 0 radical (unpaired) electrons. The minimum atomic E-state index is -1.07. The van der Waals surface area contributed by atoms with Crippen molar-refractivity contribution in [3.8, 4) is 0 Å². The normalized spacial score (nSPS) is 12.6. The van der Waals surface area contributed by atoms with Crippen LogP contribution < -0.4 is 5.32 Å². The van der Waals surface area contributed by atoms with Crippen LogP contribution in [0.1, 0.15) is 152 Å². The lowest BCUT2D eigenvalue weighted by Crippen LogP contribution is -2.45. The van der Waals surface area contributed by atoms with Crippen LogP contribution in [0.3, 0.4) is 0 Å². The summed E-state index contributed by atoms with van der Waals surface area (Å²) in [6.07, 6.45) is 12.0. The molecule has 12 nitrogen and oxygen atoms in total. The lowest BCUT2D eigenvalue weighted by Gasteiger charge is -2.33. The molecule has 0 aromatic rings. The van der Waals surface area contributed by atoms with Crippen LogP contribution in [0.25, 0.3) is 0 Å². The standard InChI is InChI=1S/C39H71NO9S.CO2/c1-30(2)33(38(3,4)5)28-32(42)19-13-10-9-11-15-26-50-27-16-12-14-18-31(41)20-17-23-47-24-25-48-29-35(43)40-34(21-22-36(44)45)37(46)49-39(6,7)8;2-1-3/h30,33-34H,9-29H2,1-8H3,(H,40,43)(H,44,45);. The highest BCUT2D eigenvalue weighted by Crippen LogP contribution is 2.35. The van der Waals surface area contributed by atoms with Crippen molar-refractivity contribution >= 4 is 47.3 Å². The van der Waals surface area contributed by atoms with Crippen LogP contribution in [-0.4, -0.2) is 90.2 Å². The number of rotatable bonds is 31. The first kappa shape index (κ1) is 52.5. The summed E-state index contributed by atoms with van der Waals surface area (Å²) in [6.45, 7) is 16.8. The van der Waals surface area contributed by atoms with E-state index in [1.807, 2.05) is 11.8 Å². The summed E-state index contributed by atoms with van der Waals surface area (Å²) in [7, 11) is 0. The largest absolute Gasteiger partial charge is 0.481 e. The molecule has 0 saturated carbocycles. The van der Waals surface area contributed by atoms with E-state index in [1.54, 1.807) is 20.8 Å². The van der Waals surface area contributed by atoms with Gasteiger partial charge in [-0.25, -0.2) is 4.79 Å². The van der Waals surface area contributed by atoms with Crippen molar-refractivity contribution in [2.75, 3.05) is 37.9 Å². The van der Waals surface area contributed by atoms with E-state index in [2.05, 4.69) is 39.9 Å². The molecule has 0 aliphatic heterocycles. The molecule has 0 aromatic carbocycles. The van der Waals surface area contributed by atoms with Crippen LogP contribution in [0.5, 0.6) is 0 Å². The molecule has 1 amide bonds. The molecule has 0 saturated heterocycles. The number of amides is 1. The number of unbranched alkanes of at least 4 members (excludes halogenated alkanes) is 6. The van der Waals surface area contributed by atoms with Gasteiger partial charge in [-0.3, -0.25) is 19.2 Å². The number of Topliss-reactive ketones (excluding diaryl/α,β-unsaturated/α-hetero) is 2. The van der Waals surface area contributed by atoms with Gasteiger partial charge in [0.25, 0.3) is 0 Å². The molecule has 2 N–H and O–H groups in total. The molecule has 0 spiro atoms. The monoisotopic (exact) mass is 773 g/mol. The molecule has 0 aliphatic carbocycles. The molecule has 0 fully saturated rings.